The third kappa shape index (κ3) is 23.2. The molecule has 9 amide bonds. The molecule has 1 fully saturated rings. The quantitative estimate of drug-likeness (QED) is 0.0288. The van der Waals surface area contributed by atoms with E-state index in [2.05, 4.69) is 16.0 Å². The van der Waals surface area contributed by atoms with E-state index < -0.39 is 84.1 Å². The number of urea groups is 1. The molecule has 7 N–H and O–H groups in total. The maximum Gasteiger partial charge on any atom is 0.410 e. The van der Waals surface area contributed by atoms with Crippen LogP contribution < -0.4 is 21.7 Å². The number of imide groups is 1. The van der Waals surface area contributed by atoms with Crippen LogP contribution in [0.1, 0.15) is 169 Å². The minimum atomic E-state index is -0.970. The number of primary amides is 1. The Morgan fingerprint density at radius 1 is 0.734 bits per heavy atom. The van der Waals surface area contributed by atoms with Crippen molar-refractivity contribution in [2.75, 3.05) is 47.4 Å². The van der Waals surface area contributed by atoms with Gasteiger partial charge in [0.05, 0.1) is 42.8 Å². The number of amides is 9. The van der Waals surface area contributed by atoms with E-state index in [0.29, 0.717) is 68.2 Å². The molecule has 522 valence electrons. The van der Waals surface area contributed by atoms with Gasteiger partial charge in [0.25, 0.3) is 11.8 Å². The lowest BCUT2D eigenvalue weighted by molar-refractivity contribution is -0.148. The zero-order valence-electron chi connectivity index (χ0n) is 57.8. The van der Waals surface area contributed by atoms with E-state index in [9.17, 15) is 63.0 Å². The second kappa shape index (κ2) is 38.9. The van der Waals surface area contributed by atoms with Gasteiger partial charge in [-0.15, -0.1) is 0 Å². The van der Waals surface area contributed by atoms with Crippen molar-refractivity contribution in [3.05, 3.63) is 83.4 Å². The number of hydrogen-bond acceptors (Lipinski definition) is 15. The Morgan fingerprint density at radius 3 is 1.94 bits per heavy atom. The molecule has 2 aromatic rings. The summed E-state index contributed by atoms with van der Waals surface area (Å²) >= 11 is 0. The molecule has 0 saturated carbocycles. The van der Waals surface area contributed by atoms with Gasteiger partial charge in [0.2, 0.25) is 23.6 Å². The maximum absolute atomic E-state index is 14.9. The highest BCUT2D eigenvalue weighted by atomic mass is 16.6. The fraction of sp³-hybridized carbons (Fsp3) is 0.648. The molecule has 0 aromatic heterocycles. The highest BCUT2D eigenvalue weighted by Gasteiger charge is 2.44. The molecule has 0 bridgehead atoms. The van der Waals surface area contributed by atoms with Gasteiger partial charge in [0.15, 0.2) is 11.6 Å². The predicted octanol–water partition coefficient (Wildman–Crippen LogP) is 7.02. The van der Waals surface area contributed by atoms with Crippen LogP contribution in [-0.2, 0) is 65.7 Å². The normalized spacial score (nSPS) is 17.5. The smallest absolute Gasteiger partial charge is 0.410 e. The predicted molar refractivity (Wildman–Crippen MR) is 356 cm³/mol. The summed E-state index contributed by atoms with van der Waals surface area (Å²) in [6, 6.07) is 11.5. The molecule has 1 saturated heterocycles. The number of rotatable bonds is 41. The molecule has 23 heteroatoms. The average Bonchev–Trinajstić information content (AvgIpc) is 1.33. The lowest BCUT2D eigenvalue weighted by atomic mass is 9.83. The van der Waals surface area contributed by atoms with Gasteiger partial charge in [0, 0.05) is 115 Å². The van der Waals surface area contributed by atoms with Crippen LogP contribution in [0.25, 0.3) is 0 Å². The van der Waals surface area contributed by atoms with Crippen molar-refractivity contribution in [3.63, 3.8) is 0 Å². The molecule has 23 nitrogen and oxygen atoms in total. The Hall–Kier alpha value is -7.37. The second-order valence-corrected chi connectivity index (χ2v) is 26.8. The molecule has 1 unspecified atom stereocenters. The first-order valence-corrected chi connectivity index (χ1v) is 33.6. The first-order chi connectivity index (χ1) is 44.5. The van der Waals surface area contributed by atoms with E-state index >= 15 is 0 Å². The van der Waals surface area contributed by atoms with E-state index in [-0.39, 0.29) is 135 Å². The number of likely N-dealkylation sites (N-methyl/N-ethyl adjacent to an activating group) is 2. The van der Waals surface area contributed by atoms with E-state index in [1.54, 1.807) is 93.1 Å². The lowest BCUT2D eigenvalue weighted by Crippen LogP contribution is -2.54. The topological polar surface area (TPSA) is 322 Å². The number of Topliss-reactive ketones (excluding diaryl/α,β-unsaturated/α-hetero) is 3. The largest absolute Gasteiger partial charge is 0.445 e. The van der Waals surface area contributed by atoms with E-state index in [0.717, 1.165) is 4.90 Å². The van der Waals surface area contributed by atoms with Gasteiger partial charge in [-0.25, -0.2) is 9.59 Å². The SMILES string of the molecule is CC[C@H](C)[C@@H]([C@@H](CC(=O)N1CCC[C@H]1[C@H](CO)[C@@H](C)C(=O)N[C@H](C)[C@@H](O)c1ccccc1)OC)N(C)C(=O)[C@@H](CC(=O)C(C(C)C)N(C)C(=O)OCc1ccc(CC(=O)[C@@H](CCCNC(N)=O)NC(=O)[C@H](CC(=O)CCCCCN2C(=O)C=CC2=O)C(C)C)cc1)C(C)C. The van der Waals surface area contributed by atoms with Gasteiger partial charge in [0.1, 0.15) is 12.4 Å². The average molecular weight is 1310 g/mol. The number of unbranched alkanes of at least 4 members (excludes halogenated alkanes) is 2. The summed E-state index contributed by atoms with van der Waals surface area (Å²) < 4.78 is 11.8. The summed E-state index contributed by atoms with van der Waals surface area (Å²) in [5.41, 5.74) is 7.11. The summed E-state index contributed by atoms with van der Waals surface area (Å²) in [5.74, 6) is -6.80. The Morgan fingerprint density at radius 2 is 1.36 bits per heavy atom. The Balaban J connectivity index is 1.37. The molecular formula is C71H108N8O15. The highest BCUT2D eigenvalue weighted by molar-refractivity contribution is 6.12. The molecule has 0 radical (unpaired) electrons. The highest BCUT2D eigenvalue weighted by Crippen LogP contribution is 2.33. The molecule has 2 aliphatic rings. The van der Waals surface area contributed by atoms with Gasteiger partial charge in [-0.05, 0) is 85.8 Å². The first kappa shape index (κ1) is 79.1. The molecule has 94 heavy (non-hydrogen) atoms. The number of nitrogens with one attached hydrogen (secondary N) is 3. The Labute approximate surface area is 556 Å². The third-order valence-corrected chi connectivity index (χ3v) is 18.9. The van der Waals surface area contributed by atoms with Crippen molar-refractivity contribution in [3.8, 4) is 0 Å². The summed E-state index contributed by atoms with van der Waals surface area (Å²) in [5, 5.41) is 30.0. The van der Waals surface area contributed by atoms with Crippen LogP contribution in [0, 0.1) is 47.3 Å². The number of carbonyl (C=O) groups excluding carboxylic acids is 11. The van der Waals surface area contributed by atoms with Crippen LogP contribution in [0.3, 0.4) is 0 Å². The van der Waals surface area contributed by atoms with E-state index in [4.69, 9.17) is 15.2 Å². The fourth-order valence-electron chi connectivity index (χ4n) is 12.9. The van der Waals surface area contributed by atoms with Gasteiger partial charge < -0.3 is 56.1 Å². The molecule has 0 aliphatic carbocycles. The number of nitrogens with zero attached hydrogens (tertiary/aromatic N) is 4. The van der Waals surface area contributed by atoms with Crippen LogP contribution in [0.15, 0.2) is 66.7 Å². The summed E-state index contributed by atoms with van der Waals surface area (Å²) in [6.45, 7) is 18.7. The van der Waals surface area contributed by atoms with Gasteiger partial charge in [-0.1, -0.05) is 130 Å². The Bertz CT molecular complexity index is 2870. The number of nitrogens with two attached hydrogens (primary N) is 1. The minimum absolute atomic E-state index is 0.0377. The molecule has 0 spiro atoms. The van der Waals surface area contributed by atoms with Crippen LogP contribution in [0.2, 0.25) is 0 Å². The number of ketones is 3. The van der Waals surface area contributed by atoms with Crippen molar-refractivity contribution in [1.82, 2.24) is 35.6 Å². The zero-order valence-corrected chi connectivity index (χ0v) is 57.8. The molecule has 12 atom stereocenters. The van der Waals surface area contributed by atoms with E-state index in [1.807, 2.05) is 47.6 Å². The minimum Gasteiger partial charge on any atom is -0.445 e. The Kier molecular flexibility index (Phi) is 32.7. The third-order valence-electron chi connectivity index (χ3n) is 18.9. The maximum atomic E-state index is 14.9. The molecular weight excluding hydrogens is 1200 g/mol. The van der Waals surface area contributed by atoms with Gasteiger partial charge in [-0.3, -0.25) is 48.1 Å². The van der Waals surface area contributed by atoms with Crippen LogP contribution in [0.4, 0.5) is 9.59 Å². The number of methoxy groups -OCH3 is 1. The standard InChI is InChI=1S/C71H108N8O15/c1-14-46(8)65(60(93-13)40-63(86)78-36-22-27-57(78)55(41-80)47(9)67(88)74-48(10)66(87)51-23-17-15-18-24-51)76(11)69(90)54(44(4)5)39-59(83)64(45(6)7)77(12)71(92)94-42-50-30-28-49(29-31-50)37-58(82)56(26-21-34-73-70(72)91)75-68(89)53(43(2)3)38-52(81)25-19-16-20-35-79-61(84)32-33-62(79)85/h15,17-18,23-24,28-33,43-48,53-57,60,64-66,80,87H,14,16,19-22,25-27,34-42H2,1-13H3,(H,74,88)(H,75,89)(H3,72,73,91)/t46-,47+,48+,53+,54-,55+,56+,57-,60+,64?,65-,66+/m0/s1. The van der Waals surface area contributed by atoms with Crippen LogP contribution in [0.5, 0.6) is 0 Å². The number of carbonyl (C=O) groups is 11. The number of aliphatic hydroxyl groups excluding tert-OH is 2. The molecule has 2 aliphatic heterocycles. The first-order valence-electron chi connectivity index (χ1n) is 33.6. The van der Waals surface area contributed by atoms with Gasteiger partial charge >= 0.3 is 12.1 Å². The fourth-order valence-corrected chi connectivity index (χ4v) is 12.9. The number of hydrogen-bond donors (Lipinski definition) is 6. The van der Waals surface area contributed by atoms with Crippen molar-refractivity contribution in [1.29, 1.82) is 0 Å². The van der Waals surface area contributed by atoms with Crippen LogP contribution in [-0.4, -0.2) is 178 Å². The summed E-state index contributed by atoms with van der Waals surface area (Å²) in [7, 11) is 4.65. The van der Waals surface area contributed by atoms with Crippen molar-refractivity contribution in [2.45, 2.75) is 202 Å². The summed E-state index contributed by atoms with van der Waals surface area (Å²) in [6.07, 6.45) is 3.78. The van der Waals surface area contributed by atoms with E-state index in [1.165, 1.54) is 31.2 Å². The summed E-state index contributed by atoms with van der Waals surface area (Å²) in [4.78, 5) is 153. The van der Waals surface area contributed by atoms with Gasteiger partial charge in [-0.2, -0.15) is 0 Å². The number of aliphatic hydroxyl groups is 2. The molecule has 2 heterocycles. The zero-order chi connectivity index (χ0) is 70.1. The van der Waals surface area contributed by atoms with Crippen molar-refractivity contribution >= 4 is 64.9 Å². The second-order valence-electron chi connectivity index (χ2n) is 26.8. The van der Waals surface area contributed by atoms with Crippen molar-refractivity contribution in [2.24, 2.45) is 53.1 Å². The molecule has 4 rings (SSSR count). The lowest BCUT2D eigenvalue weighted by Gasteiger charge is -2.41. The number of benzene rings is 2. The number of likely N-dealkylation sites (tertiary alicyclic amines) is 1. The van der Waals surface area contributed by atoms with Crippen molar-refractivity contribution < 1.29 is 72.4 Å². The monoisotopic (exact) mass is 1310 g/mol. The van der Waals surface area contributed by atoms with Crippen LogP contribution >= 0.6 is 0 Å². The number of ether oxygens (including phenoxy) is 2. The molecule has 2 aromatic carbocycles.